The summed E-state index contributed by atoms with van der Waals surface area (Å²) >= 11 is 0. The molecule has 0 radical (unpaired) electrons. The lowest BCUT2D eigenvalue weighted by molar-refractivity contribution is 0.406. The first-order valence-corrected chi connectivity index (χ1v) is 3.70. The van der Waals surface area contributed by atoms with Crippen LogP contribution >= 0.6 is 0 Å². The molecule has 0 saturated carbocycles. The summed E-state index contributed by atoms with van der Waals surface area (Å²) < 4.78 is 0. The van der Waals surface area contributed by atoms with Gasteiger partial charge in [0.1, 0.15) is 0 Å². The van der Waals surface area contributed by atoms with E-state index in [-0.39, 0.29) is 0 Å². The molecule has 0 rings (SSSR count). The van der Waals surface area contributed by atoms with Crippen molar-refractivity contribution in [3.8, 4) is 0 Å². The molecule has 1 nitrogen and oxygen atoms in total. The number of rotatable bonds is 3. The summed E-state index contributed by atoms with van der Waals surface area (Å²) in [7, 11) is 0. The average Bonchev–Trinajstić information content (AvgIpc) is 1.88. The van der Waals surface area contributed by atoms with Gasteiger partial charge in [-0.1, -0.05) is 20.4 Å². The van der Waals surface area contributed by atoms with E-state index in [9.17, 15) is 0 Å². The van der Waals surface area contributed by atoms with E-state index in [0.717, 1.165) is 24.0 Å². The molecule has 0 bridgehead atoms. The van der Waals surface area contributed by atoms with E-state index in [1.54, 1.807) is 6.92 Å². The first kappa shape index (κ1) is 9.28. The quantitative estimate of drug-likeness (QED) is 0.471. The summed E-state index contributed by atoms with van der Waals surface area (Å²) in [4.78, 5) is 0. The molecule has 0 fully saturated rings. The van der Waals surface area contributed by atoms with Crippen LogP contribution in [-0.4, -0.2) is 5.11 Å². The second-order valence-electron chi connectivity index (χ2n) is 2.37. The molecule has 0 unspecified atom stereocenters. The van der Waals surface area contributed by atoms with Crippen LogP contribution in [0.15, 0.2) is 23.5 Å². The standard InChI is InChI=1S/C9H16O/c1-5-7(3)9(6-2)8(4)10/h10H,3,5-6H2,1-2,4H3/b9-8-. The van der Waals surface area contributed by atoms with Crippen molar-refractivity contribution in [2.24, 2.45) is 0 Å². The first-order valence-electron chi connectivity index (χ1n) is 3.70. The van der Waals surface area contributed by atoms with Gasteiger partial charge in [-0.2, -0.15) is 0 Å². The lowest BCUT2D eigenvalue weighted by Gasteiger charge is -2.06. The SMILES string of the molecule is C=C(CC)/C(CC)=C(/C)O. The zero-order valence-corrected chi connectivity index (χ0v) is 7.07. The van der Waals surface area contributed by atoms with Crippen molar-refractivity contribution in [1.29, 1.82) is 0 Å². The molecular formula is C9H16O. The lowest BCUT2D eigenvalue weighted by atomic mass is 10.0. The Labute approximate surface area is 63.1 Å². The van der Waals surface area contributed by atoms with E-state index in [4.69, 9.17) is 5.11 Å². The second-order valence-corrected chi connectivity index (χ2v) is 2.37. The maximum Gasteiger partial charge on any atom is 0.0926 e. The fourth-order valence-corrected chi connectivity index (χ4v) is 0.975. The zero-order valence-electron chi connectivity index (χ0n) is 7.07. The van der Waals surface area contributed by atoms with E-state index < -0.39 is 0 Å². The van der Waals surface area contributed by atoms with Crippen molar-refractivity contribution in [3.63, 3.8) is 0 Å². The summed E-state index contributed by atoms with van der Waals surface area (Å²) in [6, 6.07) is 0. The second kappa shape index (κ2) is 4.15. The molecular weight excluding hydrogens is 124 g/mol. The normalized spacial score (nSPS) is 12.7. The molecule has 10 heavy (non-hydrogen) atoms. The van der Waals surface area contributed by atoms with Crippen LogP contribution in [0.1, 0.15) is 33.6 Å². The summed E-state index contributed by atoms with van der Waals surface area (Å²) in [6.45, 7) is 9.62. The summed E-state index contributed by atoms with van der Waals surface area (Å²) in [5, 5.41) is 9.13. The van der Waals surface area contributed by atoms with Crippen molar-refractivity contribution >= 4 is 0 Å². The molecule has 1 heteroatoms. The van der Waals surface area contributed by atoms with Gasteiger partial charge in [0.25, 0.3) is 0 Å². The predicted molar refractivity (Wildman–Crippen MR) is 45.1 cm³/mol. The van der Waals surface area contributed by atoms with E-state index in [0.29, 0.717) is 5.76 Å². The molecule has 0 spiro atoms. The number of hydrogen-bond donors (Lipinski definition) is 1. The van der Waals surface area contributed by atoms with Gasteiger partial charge in [-0.25, -0.2) is 0 Å². The van der Waals surface area contributed by atoms with Crippen LogP contribution in [0, 0.1) is 0 Å². The van der Waals surface area contributed by atoms with Gasteiger partial charge < -0.3 is 5.11 Å². The van der Waals surface area contributed by atoms with Gasteiger partial charge in [0, 0.05) is 0 Å². The smallest absolute Gasteiger partial charge is 0.0926 e. The molecule has 0 amide bonds. The van der Waals surface area contributed by atoms with Crippen LogP contribution in [0.25, 0.3) is 0 Å². The maximum absolute atomic E-state index is 9.13. The van der Waals surface area contributed by atoms with E-state index in [2.05, 4.69) is 6.58 Å². The Hall–Kier alpha value is -0.720. The highest BCUT2D eigenvalue weighted by Gasteiger charge is 2.00. The third-order valence-electron chi connectivity index (χ3n) is 1.64. The molecule has 0 saturated heterocycles. The predicted octanol–water partition coefficient (Wildman–Crippen LogP) is 3.19. The minimum Gasteiger partial charge on any atom is -0.512 e. The molecule has 0 aliphatic carbocycles. The Bertz CT molecular complexity index is 150. The highest BCUT2D eigenvalue weighted by Crippen LogP contribution is 2.17. The van der Waals surface area contributed by atoms with Gasteiger partial charge in [-0.3, -0.25) is 0 Å². The molecule has 0 heterocycles. The van der Waals surface area contributed by atoms with Crippen LogP contribution in [0.3, 0.4) is 0 Å². The highest BCUT2D eigenvalue weighted by atomic mass is 16.3. The average molecular weight is 140 g/mol. The molecule has 0 aliphatic rings. The molecule has 0 aromatic rings. The van der Waals surface area contributed by atoms with Crippen LogP contribution in [-0.2, 0) is 0 Å². The van der Waals surface area contributed by atoms with Gasteiger partial charge in [-0.05, 0) is 30.9 Å². The van der Waals surface area contributed by atoms with E-state index in [1.165, 1.54) is 0 Å². The van der Waals surface area contributed by atoms with Crippen LogP contribution in [0.2, 0.25) is 0 Å². The zero-order chi connectivity index (χ0) is 8.15. The van der Waals surface area contributed by atoms with Crippen molar-refractivity contribution < 1.29 is 5.11 Å². The van der Waals surface area contributed by atoms with Crippen LogP contribution < -0.4 is 0 Å². The lowest BCUT2D eigenvalue weighted by Crippen LogP contribution is -1.89. The number of aliphatic hydroxyl groups is 1. The highest BCUT2D eigenvalue weighted by molar-refractivity contribution is 5.29. The molecule has 0 aliphatic heterocycles. The monoisotopic (exact) mass is 140 g/mol. The number of aliphatic hydroxyl groups excluding tert-OH is 1. The first-order chi connectivity index (χ1) is 4.63. The van der Waals surface area contributed by atoms with Crippen LogP contribution in [0.4, 0.5) is 0 Å². The van der Waals surface area contributed by atoms with Crippen LogP contribution in [0.5, 0.6) is 0 Å². The Balaban J connectivity index is 4.37. The minimum absolute atomic E-state index is 0.411. The topological polar surface area (TPSA) is 20.2 Å². The maximum atomic E-state index is 9.13. The van der Waals surface area contributed by atoms with E-state index >= 15 is 0 Å². The van der Waals surface area contributed by atoms with Crippen molar-refractivity contribution in [1.82, 2.24) is 0 Å². The third kappa shape index (κ3) is 2.26. The fraction of sp³-hybridized carbons (Fsp3) is 0.556. The Morgan fingerprint density at radius 1 is 1.30 bits per heavy atom. The summed E-state index contributed by atoms with van der Waals surface area (Å²) in [6.07, 6.45) is 1.79. The van der Waals surface area contributed by atoms with Crippen molar-refractivity contribution in [2.75, 3.05) is 0 Å². The van der Waals surface area contributed by atoms with Gasteiger partial charge >= 0.3 is 0 Å². The van der Waals surface area contributed by atoms with Gasteiger partial charge in [-0.15, -0.1) is 0 Å². The number of hydrogen-bond acceptors (Lipinski definition) is 1. The molecule has 0 atom stereocenters. The largest absolute Gasteiger partial charge is 0.512 e. The van der Waals surface area contributed by atoms with E-state index in [1.807, 2.05) is 13.8 Å². The van der Waals surface area contributed by atoms with Gasteiger partial charge in [0.15, 0.2) is 0 Å². The third-order valence-corrected chi connectivity index (χ3v) is 1.64. The van der Waals surface area contributed by atoms with Crippen molar-refractivity contribution in [3.05, 3.63) is 23.5 Å². The summed E-state index contributed by atoms with van der Waals surface area (Å²) in [5.41, 5.74) is 2.05. The minimum atomic E-state index is 0.411. The molecule has 1 N–H and O–H groups in total. The Kier molecular flexibility index (Phi) is 3.85. The fourth-order valence-electron chi connectivity index (χ4n) is 0.975. The van der Waals surface area contributed by atoms with Gasteiger partial charge in [0.05, 0.1) is 5.76 Å². The summed E-state index contributed by atoms with van der Waals surface area (Å²) in [5.74, 6) is 0.411. The van der Waals surface area contributed by atoms with Gasteiger partial charge in [0.2, 0.25) is 0 Å². The Morgan fingerprint density at radius 3 is 1.90 bits per heavy atom. The Morgan fingerprint density at radius 2 is 1.80 bits per heavy atom. The molecule has 0 aromatic heterocycles. The van der Waals surface area contributed by atoms with Crippen molar-refractivity contribution in [2.45, 2.75) is 33.6 Å². The molecule has 0 aromatic carbocycles. The number of allylic oxidation sites excluding steroid dienone is 3. The molecule has 58 valence electrons.